The lowest BCUT2D eigenvalue weighted by Gasteiger charge is -2.13. The molecule has 0 amide bonds. The first-order valence-electron chi connectivity index (χ1n) is 8.50. The molecule has 7 heteroatoms. The van der Waals surface area contributed by atoms with Crippen molar-refractivity contribution >= 4 is 28.2 Å². The molecule has 0 aliphatic carbocycles. The van der Waals surface area contributed by atoms with E-state index in [0.717, 1.165) is 25.8 Å². The molecule has 0 radical (unpaired) electrons. The molecule has 1 atom stereocenters. The van der Waals surface area contributed by atoms with Gasteiger partial charge in [-0.2, -0.15) is 0 Å². The summed E-state index contributed by atoms with van der Waals surface area (Å²) >= 11 is 0. The summed E-state index contributed by atoms with van der Waals surface area (Å²) in [4.78, 5) is 12.7. The molecule has 2 N–H and O–H groups in total. The zero-order valence-corrected chi connectivity index (χ0v) is 16.0. The standard InChI is InChI=1S/C19H22N2O3S.ClH/c22-19(15-7-2-1-3-8-15)17-10-4-5-11-18(17)25(23,24)21-14-12-16-9-6-13-20-16;/h1-5,7-8,10-11,16,20-21H,6,9,12-14H2;1H/t16-;/m1./s1. The fourth-order valence-electron chi connectivity index (χ4n) is 3.08. The van der Waals surface area contributed by atoms with Crippen molar-refractivity contribution in [3.63, 3.8) is 0 Å². The van der Waals surface area contributed by atoms with Gasteiger partial charge in [0.05, 0.1) is 4.90 Å². The molecule has 0 spiro atoms. The SMILES string of the molecule is Cl.O=C(c1ccccc1)c1ccccc1S(=O)(=O)NCC[C@H]1CCCN1. The van der Waals surface area contributed by atoms with Crippen LogP contribution in [-0.2, 0) is 10.0 Å². The molecule has 140 valence electrons. The molecule has 0 unspecified atom stereocenters. The number of rotatable bonds is 7. The van der Waals surface area contributed by atoms with Gasteiger partial charge < -0.3 is 5.32 Å². The third-order valence-corrected chi connectivity index (χ3v) is 5.92. The number of carbonyl (C=O) groups is 1. The highest BCUT2D eigenvalue weighted by Gasteiger charge is 2.23. The predicted molar refractivity (Wildman–Crippen MR) is 104 cm³/mol. The Labute approximate surface area is 160 Å². The number of benzene rings is 2. The molecule has 1 saturated heterocycles. The van der Waals surface area contributed by atoms with Gasteiger partial charge in [0.1, 0.15) is 0 Å². The van der Waals surface area contributed by atoms with Crippen LogP contribution >= 0.6 is 12.4 Å². The van der Waals surface area contributed by atoms with Crippen LogP contribution in [0.15, 0.2) is 59.5 Å². The van der Waals surface area contributed by atoms with Crippen LogP contribution in [0.5, 0.6) is 0 Å². The second-order valence-corrected chi connectivity index (χ2v) is 7.91. The Morgan fingerprint density at radius 1 is 1.08 bits per heavy atom. The Bertz CT molecular complexity index is 835. The highest BCUT2D eigenvalue weighted by Crippen LogP contribution is 2.19. The van der Waals surface area contributed by atoms with E-state index in [1.807, 2.05) is 6.07 Å². The monoisotopic (exact) mass is 394 g/mol. The lowest BCUT2D eigenvalue weighted by molar-refractivity contribution is 0.103. The Morgan fingerprint density at radius 3 is 2.46 bits per heavy atom. The van der Waals surface area contributed by atoms with E-state index in [2.05, 4.69) is 10.0 Å². The first-order chi connectivity index (χ1) is 12.1. The average molecular weight is 395 g/mol. The highest BCUT2D eigenvalue weighted by molar-refractivity contribution is 7.89. The minimum absolute atomic E-state index is 0. The maximum atomic E-state index is 12.7. The van der Waals surface area contributed by atoms with Crippen molar-refractivity contribution in [1.29, 1.82) is 0 Å². The average Bonchev–Trinajstić information content (AvgIpc) is 3.15. The van der Waals surface area contributed by atoms with Gasteiger partial charge in [-0.05, 0) is 37.9 Å². The van der Waals surface area contributed by atoms with Crippen molar-refractivity contribution in [1.82, 2.24) is 10.0 Å². The van der Waals surface area contributed by atoms with Crippen LogP contribution in [0.25, 0.3) is 0 Å². The van der Waals surface area contributed by atoms with E-state index in [0.29, 0.717) is 18.2 Å². The fourth-order valence-corrected chi connectivity index (χ4v) is 4.33. The molecule has 1 aliphatic rings. The Balaban J connectivity index is 0.00000243. The van der Waals surface area contributed by atoms with Gasteiger partial charge in [-0.3, -0.25) is 4.79 Å². The molecule has 3 rings (SSSR count). The van der Waals surface area contributed by atoms with Crippen LogP contribution in [0.1, 0.15) is 35.2 Å². The van der Waals surface area contributed by atoms with Crippen LogP contribution in [0.4, 0.5) is 0 Å². The van der Waals surface area contributed by atoms with Gasteiger partial charge in [0.2, 0.25) is 10.0 Å². The molecular weight excluding hydrogens is 372 g/mol. The molecule has 1 heterocycles. The first-order valence-corrected chi connectivity index (χ1v) is 9.98. The summed E-state index contributed by atoms with van der Waals surface area (Å²) in [6, 6.07) is 15.4. The quantitative estimate of drug-likeness (QED) is 0.708. The first kappa shape index (κ1) is 20.6. The zero-order chi connectivity index (χ0) is 17.7. The van der Waals surface area contributed by atoms with Crippen molar-refractivity contribution < 1.29 is 13.2 Å². The normalized spacial score (nSPS) is 16.8. The maximum Gasteiger partial charge on any atom is 0.241 e. The molecular formula is C19H23ClN2O3S. The topological polar surface area (TPSA) is 75.3 Å². The van der Waals surface area contributed by atoms with E-state index in [-0.39, 0.29) is 28.6 Å². The third-order valence-electron chi connectivity index (χ3n) is 4.40. The zero-order valence-electron chi connectivity index (χ0n) is 14.4. The molecule has 0 saturated carbocycles. The van der Waals surface area contributed by atoms with E-state index >= 15 is 0 Å². The maximum absolute atomic E-state index is 12.7. The van der Waals surface area contributed by atoms with E-state index < -0.39 is 10.0 Å². The summed E-state index contributed by atoms with van der Waals surface area (Å²) in [6.45, 7) is 1.35. The molecule has 26 heavy (non-hydrogen) atoms. The van der Waals surface area contributed by atoms with Crippen molar-refractivity contribution in [2.24, 2.45) is 0 Å². The number of hydrogen-bond donors (Lipinski definition) is 2. The number of hydrogen-bond acceptors (Lipinski definition) is 4. The molecule has 5 nitrogen and oxygen atoms in total. The molecule has 2 aromatic rings. The number of halogens is 1. The second kappa shape index (κ2) is 9.28. The number of carbonyl (C=O) groups excluding carboxylic acids is 1. The largest absolute Gasteiger partial charge is 0.314 e. The van der Waals surface area contributed by atoms with E-state index in [1.54, 1.807) is 42.5 Å². The summed E-state index contributed by atoms with van der Waals surface area (Å²) in [5, 5.41) is 3.34. The summed E-state index contributed by atoms with van der Waals surface area (Å²) in [5.41, 5.74) is 0.667. The van der Waals surface area contributed by atoms with Gasteiger partial charge in [-0.25, -0.2) is 13.1 Å². The van der Waals surface area contributed by atoms with Crippen molar-refractivity contribution in [3.8, 4) is 0 Å². The molecule has 0 aromatic heterocycles. The minimum atomic E-state index is -3.73. The lowest BCUT2D eigenvalue weighted by Crippen LogP contribution is -2.31. The van der Waals surface area contributed by atoms with Crippen LogP contribution in [0.3, 0.4) is 0 Å². The number of nitrogens with one attached hydrogen (secondary N) is 2. The minimum Gasteiger partial charge on any atom is -0.314 e. The van der Waals surface area contributed by atoms with Crippen molar-refractivity contribution in [2.75, 3.05) is 13.1 Å². The van der Waals surface area contributed by atoms with Gasteiger partial charge in [-0.15, -0.1) is 12.4 Å². The lowest BCUT2D eigenvalue weighted by atomic mass is 10.0. The van der Waals surface area contributed by atoms with Crippen LogP contribution in [0.2, 0.25) is 0 Å². The molecule has 2 aromatic carbocycles. The van der Waals surface area contributed by atoms with Crippen LogP contribution in [0, 0.1) is 0 Å². The Hall–Kier alpha value is -1.73. The summed E-state index contributed by atoms with van der Waals surface area (Å²) in [6.07, 6.45) is 2.95. The fraction of sp³-hybridized carbons (Fsp3) is 0.316. The van der Waals surface area contributed by atoms with Crippen molar-refractivity contribution in [2.45, 2.75) is 30.2 Å². The Morgan fingerprint density at radius 2 is 1.77 bits per heavy atom. The van der Waals surface area contributed by atoms with Gasteiger partial charge in [0, 0.05) is 23.7 Å². The number of ketones is 1. The van der Waals surface area contributed by atoms with Crippen LogP contribution < -0.4 is 10.0 Å². The summed E-state index contributed by atoms with van der Waals surface area (Å²) < 4.78 is 28.0. The smallest absolute Gasteiger partial charge is 0.241 e. The van der Waals surface area contributed by atoms with E-state index in [1.165, 1.54) is 6.07 Å². The number of sulfonamides is 1. The molecule has 1 fully saturated rings. The van der Waals surface area contributed by atoms with E-state index in [9.17, 15) is 13.2 Å². The molecule has 0 bridgehead atoms. The third kappa shape index (κ3) is 4.92. The van der Waals surface area contributed by atoms with Crippen molar-refractivity contribution in [3.05, 3.63) is 65.7 Å². The van der Waals surface area contributed by atoms with Gasteiger partial charge in [-0.1, -0.05) is 42.5 Å². The van der Waals surface area contributed by atoms with E-state index in [4.69, 9.17) is 0 Å². The predicted octanol–water partition coefficient (Wildman–Crippen LogP) is 2.76. The van der Waals surface area contributed by atoms with Gasteiger partial charge in [0.15, 0.2) is 5.78 Å². The second-order valence-electron chi connectivity index (χ2n) is 6.17. The summed E-state index contributed by atoms with van der Waals surface area (Å²) in [5.74, 6) is -0.293. The van der Waals surface area contributed by atoms with Gasteiger partial charge >= 0.3 is 0 Å². The Kier molecular flexibility index (Phi) is 7.34. The highest BCUT2D eigenvalue weighted by atomic mass is 35.5. The summed E-state index contributed by atoms with van der Waals surface area (Å²) in [7, 11) is -3.73. The van der Waals surface area contributed by atoms with Gasteiger partial charge in [0.25, 0.3) is 0 Å². The molecule has 1 aliphatic heterocycles. The van der Waals surface area contributed by atoms with Crippen LogP contribution in [-0.4, -0.2) is 33.3 Å².